The van der Waals surface area contributed by atoms with E-state index in [9.17, 15) is 9.59 Å². The maximum Gasteiger partial charge on any atom is 0.261 e. The molecule has 0 spiro atoms. The van der Waals surface area contributed by atoms with Gasteiger partial charge in [-0.15, -0.1) is 0 Å². The molecule has 2 rings (SSSR count). The number of imide groups is 1. The summed E-state index contributed by atoms with van der Waals surface area (Å²) in [6.07, 6.45) is 2.39. The summed E-state index contributed by atoms with van der Waals surface area (Å²) in [5.74, 6) is -0.300. The average Bonchev–Trinajstić information content (AvgIpc) is 2.28. The zero-order valence-corrected chi connectivity index (χ0v) is 10.0. The van der Waals surface area contributed by atoms with Crippen LogP contribution < -0.4 is 0 Å². The molecule has 1 aliphatic heterocycles. The maximum absolute atomic E-state index is 12.1. The Morgan fingerprint density at radius 2 is 1.94 bits per heavy atom. The number of benzene rings is 1. The zero-order valence-electron chi connectivity index (χ0n) is 10.0. The molecule has 1 atom stereocenters. The predicted octanol–water partition coefficient (Wildman–Crippen LogP) is 2.39. The smallest absolute Gasteiger partial charge is 0.261 e. The number of carbonyl (C=O) groups excluding carboxylic acids is 2. The molecule has 17 heavy (non-hydrogen) atoms. The first kappa shape index (κ1) is 11.6. The lowest BCUT2D eigenvalue weighted by molar-refractivity contribution is -0.139. The molecule has 2 amide bonds. The lowest BCUT2D eigenvalue weighted by atomic mass is 9.98. The Morgan fingerprint density at radius 3 is 2.47 bits per heavy atom. The minimum Gasteiger partial charge on any atom is -0.274 e. The van der Waals surface area contributed by atoms with Gasteiger partial charge in [0, 0.05) is 5.56 Å². The van der Waals surface area contributed by atoms with Gasteiger partial charge in [-0.3, -0.25) is 14.5 Å². The van der Waals surface area contributed by atoms with Gasteiger partial charge in [0.05, 0.1) is 12.5 Å². The highest BCUT2D eigenvalue weighted by molar-refractivity contribution is 6.08. The summed E-state index contributed by atoms with van der Waals surface area (Å²) in [4.78, 5) is 25.0. The monoisotopic (exact) mass is 229 g/mol. The number of allylic oxidation sites excluding steroid dienone is 1. The summed E-state index contributed by atoms with van der Waals surface area (Å²) < 4.78 is 0. The minimum atomic E-state index is -0.204. The summed E-state index contributed by atoms with van der Waals surface area (Å²) in [5.41, 5.74) is 1.68. The maximum atomic E-state index is 12.1. The van der Waals surface area contributed by atoms with Crippen LogP contribution in [0.25, 0.3) is 0 Å². The Morgan fingerprint density at radius 1 is 1.29 bits per heavy atom. The van der Waals surface area contributed by atoms with Gasteiger partial charge in [0.1, 0.15) is 0 Å². The van der Waals surface area contributed by atoms with Crippen LogP contribution in [0.5, 0.6) is 0 Å². The molecule has 1 aliphatic rings. The Labute approximate surface area is 101 Å². The van der Waals surface area contributed by atoms with Crippen LogP contribution in [0.3, 0.4) is 0 Å². The molecule has 1 aromatic rings. The van der Waals surface area contributed by atoms with E-state index in [0.29, 0.717) is 12.0 Å². The molecule has 1 fully saturated rings. The molecule has 3 nitrogen and oxygen atoms in total. The second-order valence-electron chi connectivity index (χ2n) is 4.45. The van der Waals surface area contributed by atoms with Crippen molar-refractivity contribution < 1.29 is 9.59 Å². The normalized spacial score (nSPS) is 18.6. The number of hydrogen-bond acceptors (Lipinski definition) is 2. The van der Waals surface area contributed by atoms with Gasteiger partial charge in [0.25, 0.3) is 5.91 Å². The van der Waals surface area contributed by atoms with Crippen molar-refractivity contribution in [3.05, 3.63) is 47.5 Å². The second kappa shape index (κ2) is 4.53. The lowest BCUT2D eigenvalue weighted by Gasteiger charge is -2.37. The van der Waals surface area contributed by atoms with Crippen molar-refractivity contribution >= 4 is 11.8 Å². The van der Waals surface area contributed by atoms with Crippen molar-refractivity contribution in [1.82, 2.24) is 4.90 Å². The minimum absolute atomic E-state index is 0.0693. The fourth-order valence-electron chi connectivity index (χ4n) is 1.94. The molecule has 1 saturated heterocycles. The highest BCUT2D eigenvalue weighted by Crippen LogP contribution is 2.24. The Bertz CT molecular complexity index is 472. The van der Waals surface area contributed by atoms with Crippen molar-refractivity contribution in [2.24, 2.45) is 0 Å². The molecular formula is C14H15NO2. The van der Waals surface area contributed by atoms with Crippen LogP contribution in [0, 0.1) is 0 Å². The van der Waals surface area contributed by atoms with E-state index >= 15 is 0 Å². The van der Waals surface area contributed by atoms with Crippen molar-refractivity contribution in [1.29, 1.82) is 0 Å². The molecule has 0 N–H and O–H groups in total. The van der Waals surface area contributed by atoms with Gasteiger partial charge < -0.3 is 0 Å². The van der Waals surface area contributed by atoms with E-state index in [2.05, 4.69) is 0 Å². The van der Waals surface area contributed by atoms with E-state index in [1.165, 1.54) is 4.90 Å². The number of carbonyl (C=O) groups is 2. The number of nitrogens with zero attached hydrogens (tertiary/aromatic N) is 1. The Balaban J connectivity index is 2.19. The third kappa shape index (κ3) is 2.28. The number of amides is 2. The summed E-state index contributed by atoms with van der Waals surface area (Å²) in [7, 11) is 0. The molecular weight excluding hydrogens is 214 g/mol. The van der Waals surface area contributed by atoms with Crippen LogP contribution in [-0.4, -0.2) is 22.8 Å². The molecule has 88 valence electrons. The first-order chi connectivity index (χ1) is 8.09. The van der Waals surface area contributed by atoms with E-state index in [-0.39, 0.29) is 17.9 Å². The predicted molar refractivity (Wildman–Crippen MR) is 65.5 cm³/mol. The van der Waals surface area contributed by atoms with Gasteiger partial charge in [0.15, 0.2) is 0 Å². The molecule has 3 heteroatoms. The first-order valence-electron chi connectivity index (χ1n) is 5.66. The van der Waals surface area contributed by atoms with Crippen molar-refractivity contribution in [3.63, 3.8) is 0 Å². The van der Waals surface area contributed by atoms with E-state index in [4.69, 9.17) is 0 Å². The third-order valence-electron chi connectivity index (χ3n) is 2.75. The summed E-state index contributed by atoms with van der Waals surface area (Å²) in [6, 6.07) is 8.84. The lowest BCUT2D eigenvalue weighted by Crippen LogP contribution is -2.54. The fourth-order valence-corrected chi connectivity index (χ4v) is 1.94. The van der Waals surface area contributed by atoms with Crippen LogP contribution in [0.4, 0.5) is 0 Å². The van der Waals surface area contributed by atoms with E-state index in [1.807, 2.05) is 26.0 Å². The summed E-state index contributed by atoms with van der Waals surface area (Å²) in [5, 5.41) is 0. The fraction of sp³-hybridized carbons (Fsp3) is 0.286. The zero-order chi connectivity index (χ0) is 12.4. The van der Waals surface area contributed by atoms with Crippen molar-refractivity contribution in [2.75, 3.05) is 0 Å². The Kier molecular flexibility index (Phi) is 3.09. The van der Waals surface area contributed by atoms with Gasteiger partial charge in [-0.1, -0.05) is 29.8 Å². The van der Waals surface area contributed by atoms with Crippen LogP contribution in [0.2, 0.25) is 0 Å². The van der Waals surface area contributed by atoms with E-state index < -0.39 is 0 Å². The average molecular weight is 229 g/mol. The third-order valence-corrected chi connectivity index (χ3v) is 2.75. The van der Waals surface area contributed by atoms with E-state index in [0.717, 1.165) is 5.57 Å². The quantitative estimate of drug-likeness (QED) is 0.443. The number of likely N-dealkylation sites (tertiary alicyclic amines) is 1. The number of β-lactam (4-membered cyclic amide) rings is 1. The van der Waals surface area contributed by atoms with Gasteiger partial charge in [0.2, 0.25) is 5.91 Å². The van der Waals surface area contributed by atoms with Gasteiger partial charge >= 0.3 is 0 Å². The van der Waals surface area contributed by atoms with Crippen LogP contribution in [0.1, 0.15) is 30.6 Å². The largest absolute Gasteiger partial charge is 0.274 e. The standard InChI is InChI=1S/C14H15NO2/c1-10(2)8-12-9-13(16)15(12)14(17)11-6-4-3-5-7-11/h3-8,12H,9H2,1-2H3. The molecule has 1 aromatic carbocycles. The van der Waals surface area contributed by atoms with Crippen LogP contribution >= 0.6 is 0 Å². The van der Waals surface area contributed by atoms with Crippen LogP contribution in [-0.2, 0) is 4.79 Å². The number of rotatable bonds is 2. The highest BCUT2D eigenvalue weighted by Gasteiger charge is 2.39. The van der Waals surface area contributed by atoms with Gasteiger partial charge in [-0.2, -0.15) is 0 Å². The molecule has 1 unspecified atom stereocenters. The van der Waals surface area contributed by atoms with Gasteiger partial charge in [-0.25, -0.2) is 0 Å². The molecule has 1 heterocycles. The summed E-state index contributed by atoms with van der Waals surface area (Å²) in [6.45, 7) is 3.93. The van der Waals surface area contributed by atoms with Crippen LogP contribution in [0.15, 0.2) is 42.0 Å². The molecule has 0 radical (unpaired) electrons. The number of hydrogen-bond donors (Lipinski definition) is 0. The Hall–Kier alpha value is -1.90. The molecule has 0 aliphatic carbocycles. The highest BCUT2D eigenvalue weighted by atomic mass is 16.2. The second-order valence-corrected chi connectivity index (χ2v) is 4.45. The topological polar surface area (TPSA) is 37.4 Å². The summed E-state index contributed by atoms with van der Waals surface area (Å²) >= 11 is 0. The first-order valence-corrected chi connectivity index (χ1v) is 5.66. The van der Waals surface area contributed by atoms with Gasteiger partial charge in [-0.05, 0) is 26.0 Å². The molecule has 0 saturated carbocycles. The SMILES string of the molecule is CC(C)=CC1CC(=O)N1C(=O)c1ccccc1. The molecule has 0 bridgehead atoms. The molecule has 0 aromatic heterocycles. The van der Waals surface area contributed by atoms with Crippen molar-refractivity contribution in [2.45, 2.75) is 26.3 Å². The van der Waals surface area contributed by atoms with Crippen molar-refractivity contribution in [3.8, 4) is 0 Å². The van der Waals surface area contributed by atoms with E-state index in [1.54, 1.807) is 24.3 Å².